The summed E-state index contributed by atoms with van der Waals surface area (Å²) in [4.78, 5) is 34.4. The fourth-order valence-corrected chi connectivity index (χ4v) is 2.13. The first kappa shape index (κ1) is 16.5. The molecule has 120 valence electrons. The van der Waals surface area contributed by atoms with E-state index in [2.05, 4.69) is 10.6 Å². The molecule has 0 radical (unpaired) electrons. The zero-order chi connectivity index (χ0) is 16.8. The van der Waals surface area contributed by atoms with Crippen molar-refractivity contribution in [1.82, 2.24) is 10.6 Å². The Bertz CT molecular complexity index is 740. The zero-order valence-corrected chi connectivity index (χ0v) is 13.0. The van der Waals surface area contributed by atoms with Gasteiger partial charge in [-0.15, -0.1) is 0 Å². The van der Waals surface area contributed by atoms with Crippen LogP contribution in [0.3, 0.4) is 0 Å². The van der Waals surface area contributed by atoms with Crippen LogP contribution in [0, 0.1) is 0 Å². The number of rotatable bonds is 5. The Balaban J connectivity index is 2.06. The van der Waals surface area contributed by atoms with E-state index in [4.69, 9.17) is 4.74 Å². The fraction of sp³-hybridized carbons (Fsp3) is 0.235. The number of carbonyl (C=O) groups excluding carboxylic acids is 3. The molecule has 6 heteroatoms. The van der Waals surface area contributed by atoms with E-state index in [0.29, 0.717) is 17.6 Å². The molecule has 0 aliphatic heterocycles. The standard InChI is InChI=1S/C17H18N2O4/c1-11(2)18-17(22)19-16(21)10-23-15-8-7-12-5-3-4-6-13(12)14(15)9-20/h3-9,11H,10H2,1-2H3,(H2,18,19,21,22). The van der Waals surface area contributed by atoms with Gasteiger partial charge in [-0.3, -0.25) is 14.9 Å². The third-order valence-electron chi connectivity index (χ3n) is 3.08. The van der Waals surface area contributed by atoms with Gasteiger partial charge in [-0.05, 0) is 30.7 Å². The van der Waals surface area contributed by atoms with Crippen molar-refractivity contribution in [2.45, 2.75) is 19.9 Å². The van der Waals surface area contributed by atoms with Crippen LogP contribution in [0.15, 0.2) is 36.4 Å². The molecule has 2 aromatic carbocycles. The Morgan fingerprint density at radius 3 is 2.61 bits per heavy atom. The summed E-state index contributed by atoms with van der Waals surface area (Å²) >= 11 is 0. The lowest BCUT2D eigenvalue weighted by atomic mass is 10.0. The maximum absolute atomic E-state index is 11.7. The van der Waals surface area contributed by atoms with E-state index in [-0.39, 0.29) is 12.6 Å². The van der Waals surface area contributed by atoms with Gasteiger partial charge in [0.05, 0.1) is 5.56 Å². The van der Waals surface area contributed by atoms with E-state index in [9.17, 15) is 14.4 Å². The average molecular weight is 314 g/mol. The predicted molar refractivity (Wildman–Crippen MR) is 86.6 cm³/mol. The summed E-state index contributed by atoms with van der Waals surface area (Å²) in [6.07, 6.45) is 0.695. The second kappa shape index (κ2) is 7.40. The number of aldehydes is 1. The molecule has 0 aliphatic rings. The maximum atomic E-state index is 11.7. The quantitative estimate of drug-likeness (QED) is 0.829. The number of benzene rings is 2. The van der Waals surface area contributed by atoms with E-state index in [1.807, 2.05) is 24.3 Å². The van der Waals surface area contributed by atoms with Gasteiger partial charge in [0.1, 0.15) is 5.75 Å². The molecular formula is C17H18N2O4. The third-order valence-corrected chi connectivity index (χ3v) is 3.08. The largest absolute Gasteiger partial charge is 0.483 e. The molecule has 0 atom stereocenters. The van der Waals surface area contributed by atoms with E-state index in [1.54, 1.807) is 26.0 Å². The molecule has 0 unspecified atom stereocenters. The number of amides is 3. The Kier molecular flexibility index (Phi) is 5.30. The molecule has 0 saturated heterocycles. The smallest absolute Gasteiger partial charge is 0.321 e. The average Bonchev–Trinajstić information content (AvgIpc) is 2.51. The number of carbonyl (C=O) groups is 3. The van der Waals surface area contributed by atoms with Crippen molar-refractivity contribution in [1.29, 1.82) is 0 Å². The summed E-state index contributed by atoms with van der Waals surface area (Å²) in [6.45, 7) is 3.21. The number of fused-ring (bicyclic) bond motifs is 1. The zero-order valence-electron chi connectivity index (χ0n) is 13.0. The summed E-state index contributed by atoms with van der Waals surface area (Å²) in [5.41, 5.74) is 0.377. The lowest BCUT2D eigenvalue weighted by Crippen LogP contribution is -2.44. The van der Waals surface area contributed by atoms with Crippen LogP contribution in [-0.4, -0.2) is 30.9 Å². The Hall–Kier alpha value is -2.89. The molecule has 0 spiro atoms. The molecule has 0 heterocycles. The number of ether oxygens (including phenoxy) is 1. The van der Waals surface area contributed by atoms with E-state index >= 15 is 0 Å². The minimum Gasteiger partial charge on any atom is -0.483 e. The van der Waals surface area contributed by atoms with Crippen LogP contribution in [0.5, 0.6) is 5.75 Å². The summed E-state index contributed by atoms with van der Waals surface area (Å²) in [7, 11) is 0. The lowest BCUT2D eigenvalue weighted by Gasteiger charge is -2.12. The van der Waals surface area contributed by atoms with Crippen LogP contribution in [0.2, 0.25) is 0 Å². The minimum atomic E-state index is -0.590. The number of imide groups is 1. The van der Waals surface area contributed by atoms with Crippen LogP contribution in [0.4, 0.5) is 4.79 Å². The molecular weight excluding hydrogens is 296 g/mol. The second-order valence-electron chi connectivity index (χ2n) is 5.28. The van der Waals surface area contributed by atoms with Gasteiger partial charge in [0.2, 0.25) is 0 Å². The van der Waals surface area contributed by atoms with Crippen molar-refractivity contribution < 1.29 is 19.1 Å². The van der Waals surface area contributed by atoms with Crippen molar-refractivity contribution in [2.24, 2.45) is 0 Å². The molecule has 3 amide bonds. The number of urea groups is 1. The molecule has 2 aromatic rings. The molecule has 0 fully saturated rings. The lowest BCUT2D eigenvalue weighted by molar-refractivity contribution is -0.122. The molecule has 0 aromatic heterocycles. The van der Waals surface area contributed by atoms with Gasteiger partial charge < -0.3 is 10.1 Å². The van der Waals surface area contributed by atoms with Gasteiger partial charge in [0, 0.05) is 6.04 Å². The Labute approximate surface area is 133 Å². The van der Waals surface area contributed by atoms with Crippen LogP contribution in [-0.2, 0) is 4.79 Å². The van der Waals surface area contributed by atoms with Gasteiger partial charge in [-0.2, -0.15) is 0 Å². The highest BCUT2D eigenvalue weighted by Gasteiger charge is 2.12. The predicted octanol–water partition coefficient (Wildman–Crippen LogP) is 2.27. The second-order valence-corrected chi connectivity index (χ2v) is 5.28. The first-order chi connectivity index (χ1) is 11.0. The molecule has 2 N–H and O–H groups in total. The van der Waals surface area contributed by atoms with Gasteiger partial charge in [-0.25, -0.2) is 4.79 Å². The van der Waals surface area contributed by atoms with Gasteiger partial charge >= 0.3 is 6.03 Å². The van der Waals surface area contributed by atoms with Gasteiger partial charge in [-0.1, -0.05) is 30.3 Å². The topological polar surface area (TPSA) is 84.5 Å². The number of hydrogen-bond acceptors (Lipinski definition) is 4. The highest BCUT2D eigenvalue weighted by molar-refractivity contribution is 6.01. The highest BCUT2D eigenvalue weighted by Crippen LogP contribution is 2.26. The Morgan fingerprint density at radius 2 is 1.91 bits per heavy atom. The van der Waals surface area contributed by atoms with Crippen molar-refractivity contribution in [2.75, 3.05) is 6.61 Å². The monoisotopic (exact) mass is 314 g/mol. The normalized spacial score (nSPS) is 10.4. The molecule has 6 nitrogen and oxygen atoms in total. The third kappa shape index (κ3) is 4.29. The van der Waals surface area contributed by atoms with E-state index in [1.165, 1.54) is 0 Å². The molecule has 0 saturated carbocycles. The molecule has 0 aliphatic carbocycles. The van der Waals surface area contributed by atoms with E-state index in [0.717, 1.165) is 10.8 Å². The van der Waals surface area contributed by atoms with Crippen LogP contribution in [0.1, 0.15) is 24.2 Å². The first-order valence-electron chi connectivity index (χ1n) is 7.21. The SMILES string of the molecule is CC(C)NC(=O)NC(=O)COc1ccc2ccccc2c1C=O. The van der Waals surface area contributed by atoms with Gasteiger partial charge in [0.15, 0.2) is 12.9 Å². The highest BCUT2D eigenvalue weighted by atomic mass is 16.5. The van der Waals surface area contributed by atoms with Crippen molar-refractivity contribution in [3.63, 3.8) is 0 Å². The van der Waals surface area contributed by atoms with Crippen LogP contribution < -0.4 is 15.4 Å². The molecule has 2 rings (SSSR count). The summed E-state index contributed by atoms with van der Waals surface area (Å²) < 4.78 is 5.38. The van der Waals surface area contributed by atoms with E-state index < -0.39 is 11.9 Å². The molecule has 23 heavy (non-hydrogen) atoms. The fourth-order valence-electron chi connectivity index (χ4n) is 2.13. The summed E-state index contributed by atoms with van der Waals surface area (Å²) in [5.74, 6) is -0.286. The maximum Gasteiger partial charge on any atom is 0.321 e. The van der Waals surface area contributed by atoms with Crippen molar-refractivity contribution >= 4 is 29.0 Å². The molecule has 0 bridgehead atoms. The van der Waals surface area contributed by atoms with Crippen LogP contribution >= 0.6 is 0 Å². The van der Waals surface area contributed by atoms with Gasteiger partial charge in [0.25, 0.3) is 5.91 Å². The van der Waals surface area contributed by atoms with Crippen molar-refractivity contribution in [3.8, 4) is 5.75 Å². The Morgan fingerprint density at radius 1 is 1.17 bits per heavy atom. The van der Waals surface area contributed by atoms with Crippen molar-refractivity contribution in [3.05, 3.63) is 42.0 Å². The summed E-state index contributed by atoms with van der Waals surface area (Å²) in [5, 5.41) is 6.34. The minimum absolute atomic E-state index is 0.0779. The number of nitrogens with one attached hydrogen (secondary N) is 2. The number of hydrogen-bond donors (Lipinski definition) is 2. The van der Waals surface area contributed by atoms with Crippen LogP contribution in [0.25, 0.3) is 10.8 Å². The summed E-state index contributed by atoms with van der Waals surface area (Å²) in [6, 6.07) is 10.2. The first-order valence-corrected chi connectivity index (χ1v) is 7.21.